The van der Waals surface area contributed by atoms with Crippen LogP contribution >= 0.6 is 11.3 Å². The van der Waals surface area contributed by atoms with Crippen LogP contribution in [-0.4, -0.2) is 15.0 Å². The van der Waals surface area contributed by atoms with Crippen LogP contribution in [0.25, 0.3) is 42.7 Å². The molecule has 2 aromatic carbocycles. The molecule has 0 aliphatic heterocycles. The summed E-state index contributed by atoms with van der Waals surface area (Å²) in [4.78, 5) is 12.8. The number of hydrogen-bond donors (Lipinski definition) is 1. The van der Waals surface area contributed by atoms with Crippen molar-refractivity contribution < 1.29 is 0 Å². The van der Waals surface area contributed by atoms with Crippen molar-refractivity contribution in [2.24, 2.45) is 0 Å². The first kappa shape index (κ1) is 11.9. The Hall–Kier alpha value is -2.72. The topological polar surface area (TPSA) is 41.6 Å². The number of fused-ring (bicyclic) bond motifs is 5. The lowest BCUT2D eigenvalue weighted by Gasteiger charge is -1.93. The Morgan fingerprint density at radius 3 is 2.68 bits per heavy atom. The first-order valence-corrected chi connectivity index (χ1v) is 7.93. The maximum Gasteiger partial charge on any atom is 0.143 e. The van der Waals surface area contributed by atoms with Crippen molar-refractivity contribution in [1.82, 2.24) is 15.0 Å². The number of benzene rings is 2. The maximum absolute atomic E-state index is 4.87. The van der Waals surface area contributed by atoms with E-state index in [1.807, 2.05) is 24.4 Å². The van der Waals surface area contributed by atoms with Crippen LogP contribution in [0.1, 0.15) is 0 Å². The fourth-order valence-corrected chi connectivity index (χ4v) is 3.88. The number of rotatable bonds is 1. The molecule has 104 valence electrons. The molecule has 3 heterocycles. The molecule has 0 atom stereocenters. The fraction of sp³-hybridized carbons (Fsp3) is 0. The molecule has 0 spiro atoms. The molecule has 0 amide bonds. The quantitative estimate of drug-likeness (QED) is 0.474. The predicted octanol–water partition coefficient (Wildman–Crippen LogP) is 4.99. The number of para-hydroxylation sites is 1. The van der Waals surface area contributed by atoms with E-state index in [4.69, 9.17) is 4.98 Å². The van der Waals surface area contributed by atoms with Crippen LogP contribution in [0.4, 0.5) is 0 Å². The summed E-state index contributed by atoms with van der Waals surface area (Å²) >= 11 is 1.69. The van der Waals surface area contributed by atoms with Crippen LogP contribution < -0.4 is 0 Å². The number of hydrogen-bond acceptors (Lipinski definition) is 3. The minimum Gasteiger partial charge on any atom is -0.354 e. The summed E-state index contributed by atoms with van der Waals surface area (Å²) in [6.45, 7) is 0. The smallest absolute Gasteiger partial charge is 0.143 e. The van der Waals surface area contributed by atoms with Gasteiger partial charge in [0.1, 0.15) is 5.01 Å². The zero-order valence-corrected chi connectivity index (χ0v) is 12.4. The summed E-state index contributed by atoms with van der Waals surface area (Å²) in [6, 6.07) is 18.6. The minimum atomic E-state index is 0.927. The molecule has 0 radical (unpaired) electrons. The van der Waals surface area contributed by atoms with Gasteiger partial charge in [0.15, 0.2) is 0 Å². The van der Waals surface area contributed by atoms with Crippen molar-refractivity contribution in [3.8, 4) is 10.7 Å². The second-order valence-corrected chi connectivity index (χ2v) is 6.27. The molecular weight excluding hydrogens is 290 g/mol. The van der Waals surface area contributed by atoms with Gasteiger partial charge < -0.3 is 4.98 Å². The molecule has 5 rings (SSSR count). The Labute approximate surface area is 130 Å². The number of nitrogens with one attached hydrogen (secondary N) is 1. The fourth-order valence-electron chi connectivity index (χ4n) is 2.92. The van der Waals surface area contributed by atoms with Gasteiger partial charge in [-0.05, 0) is 30.3 Å². The van der Waals surface area contributed by atoms with E-state index in [9.17, 15) is 0 Å². The average Bonchev–Trinajstić information content (AvgIpc) is 3.16. The van der Waals surface area contributed by atoms with Crippen LogP contribution in [0.2, 0.25) is 0 Å². The Balaban J connectivity index is 1.90. The average molecular weight is 301 g/mol. The summed E-state index contributed by atoms with van der Waals surface area (Å²) < 4.78 is 1.19. The van der Waals surface area contributed by atoms with E-state index in [2.05, 4.69) is 46.4 Å². The Kier molecular flexibility index (Phi) is 2.37. The maximum atomic E-state index is 4.87. The number of H-pyrrole nitrogens is 1. The van der Waals surface area contributed by atoms with E-state index in [0.717, 1.165) is 27.3 Å². The van der Waals surface area contributed by atoms with Gasteiger partial charge in [-0.3, -0.25) is 4.98 Å². The highest BCUT2D eigenvalue weighted by atomic mass is 32.1. The molecule has 0 aliphatic carbocycles. The summed E-state index contributed by atoms with van der Waals surface area (Å²) in [5, 5.41) is 3.39. The van der Waals surface area contributed by atoms with Gasteiger partial charge in [0.25, 0.3) is 0 Å². The van der Waals surface area contributed by atoms with Gasteiger partial charge in [-0.2, -0.15) is 0 Å². The number of aromatic nitrogens is 3. The monoisotopic (exact) mass is 301 g/mol. The second kappa shape index (κ2) is 4.39. The van der Waals surface area contributed by atoms with Crippen molar-refractivity contribution in [1.29, 1.82) is 0 Å². The largest absolute Gasteiger partial charge is 0.354 e. The van der Waals surface area contributed by atoms with Gasteiger partial charge in [0, 0.05) is 28.0 Å². The molecule has 4 heteroatoms. The van der Waals surface area contributed by atoms with E-state index < -0.39 is 0 Å². The first-order valence-electron chi connectivity index (χ1n) is 7.11. The van der Waals surface area contributed by atoms with Gasteiger partial charge >= 0.3 is 0 Å². The normalized spacial score (nSPS) is 11.6. The zero-order valence-electron chi connectivity index (χ0n) is 11.6. The summed E-state index contributed by atoms with van der Waals surface area (Å²) in [7, 11) is 0. The highest BCUT2D eigenvalue weighted by Crippen LogP contribution is 2.36. The molecule has 5 aromatic rings. The van der Waals surface area contributed by atoms with Crippen molar-refractivity contribution in [2.75, 3.05) is 0 Å². The summed E-state index contributed by atoms with van der Waals surface area (Å²) in [5.74, 6) is 0. The molecule has 0 fully saturated rings. The zero-order chi connectivity index (χ0) is 14.5. The first-order chi connectivity index (χ1) is 10.9. The van der Waals surface area contributed by atoms with E-state index in [-0.39, 0.29) is 0 Å². The van der Waals surface area contributed by atoms with Crippen molar-refractivity contribution in [3.05, 3.63) is 60.8 Å². The molecule has 0 saturated heterocycles. The van der Waals surface area contributed by atoms with Crippen LogP contribution in [0, 0.1) is 0 Å². The molecule has 1 N–H and O–H groups in total. The van der Waals surface area contributed by atoms with Crippen LogP contribution in [0.5, 0.6) is 0 Å². The Morgan fingerprint density at radius 2 is 1.77 bits per heavy atom. The number of thiazole rings is 1. The minimum absolute atomic E-state index is 0.927. The van der Waals surface area contributed by atoms with Crippen molar-refractivity contribution in [2.45, 2.75) is 0 Å². The van der Waals surface area contributed by atoms with Gasteiger partial charge in [-0.15, -0.1) is 11.3 Å². The lowest BCUT2D eigenvalue weighted by atomic mass is 10.1. The lowest BCUT2D eigenvalue weighted by Crippen LogP contribution is -1.79. The SMILES string of the molecule is c1ccc(-c2nc3c(ccc4[nH]c5ccccc5c43)s2)nc1. The molecule has 3 nitrogen and oxygen atoms in total. The molecule has 0 bridgehead atoms. The highest BCUT2D eigenvalue weighted by molar-refractivity contribution is 7.21. The third-order valence-electron chi connectivity index (χ3n) is 3.91. The number of pyridine rings is 1. The molecule has 0 unspecified atom stereocenters. The molecule has 22 heavy (non-hydrogen) atoms. The van der Waals surface area contributed by atoms with Crippen LogP contribution in [0.3, 0.4) is 0 Å². The van der Waals surface area contributed by atoms with Gasteiger partial charge in [-0.1, -0.05) is 24.3 Å². The van der Waals surface area contributed by atoms with Crippen LogP contribution in [-0.2, 0) is 0 Å². The molecule has 3 aromatic heterocycles. The lowest BCUT2D eigenvalue weighted by molar-refractivity contribution is 1.31. The number of nitrogens with zero attached hydrogens (tertiary/aromatic N) is 2. The van der Waals surface area contributed by atoms with E-state index in [1.165, 1.54) is 15.5 Å². The summed E-state index contributed by atoms with van der Waals surface area (Å²) in [6.07, 6.45) is 1.81. The second-order valence-electron chi connectivity index (χ2n) is 5.24. The van der Waals surface area contributed by atoms with Gasteiger partial charge in [0.05, 0.1) is 15.9 Å². The van der Waals surface area contributed by atoms with Gasteiger partial charge in [-0.25, -0.2) is 4.98 Å². The predicted molar refractivity (Wildman–Crippen MR) is 92.2 cm³/mol. The van der Waals surface area contributed by atoms with E-state index in [0.29, 0.717) is 0 Å². The van der Waals surface area contributed by atoms with Crippen molar-refractivity contribution in [3.63, 3.8) is 0 Å². The Morgan fingerprint density at radius 1 is 0.864 bits per heavy atom. The molecule has 0 aliphatic rings. The Bertz CT molecular complexity index is 1120. The van der Waals surface area contributed by atoms with Gasteiger partial charge in [0.2, 0.25) is 0 Å². The third kappa shape index (κ3) is 1.61. The van der Waals surface area contributed by atoms with Crippen molar-refractivity contribution >= 4 is 43.4 Å². The number of aromatic amines is 1. The van der Waals surface area contributed by atoms with Crippen LogP contribution in [0.15, 0.2) is 60.8 Å². The highest BCUT2D eigenvalue weighted by Gasteiger charge is 2.13. The third-order valence-corrected chi connectivity index (χ3v) is 4.95. The van der Waals surface area contributed by atoms with E-state index >= 15 is 0 Å². The summed E-state index contributed by atoms with van der Waals surface area (Å²) in [5.41, 5.74) is 4.27. The van der Waals surface area contributed by atoms with E-state index in [1.54, 1.807) is 11.3 Å². The standard InChI is InChI=1S/C18H11N3S/c1-2-6-12-11(5-1)16-13(20-12)8-9-15-17(16)21-18(22-15)14-7-3-4-10-19-14/h1-10,20H. The molecule has 0 saturated carbocycles. The molecular formula is C18H11N3S.